The fraction of sp³-hybridized carbons (Fsp3) is 0.286. The summed E-state index contributed by atoms with van der Waals surface area (Å²) in [5, 5.41) is 22.6. The number of ketones is 1. The number of carbonyl (C=O) groups excluding carboxylic acids is 3. The number of unbranched alkanes of at least 4 members (excludes halogenated alkanes) is 1. The van der Waals surface area contributed by atoms with Crippen LogP contribution in [0.1, 0.15) is 59.2 Å². The molecule has 1 unspecified atom stereocenters. The van der Waals surface area contributed by atoms with Crippen molar-refractivity contribution in [2.24, 2.45) is 0 Å². The number of carbonyl (C=O) groups is 3. The summed E-state index contributed by atoms with van der Waals surface area (Å²) < 4.78 is 10.7. The van der Waals surface area contributed by atoms with Crippen LogP contribution in [0.4, 0.5) is 10.8 Å². The molecule has 4 rings (SSSR count). The Morgan fingerprint density at radius 1 is 1.12 bits per heavy atom. The molecule has 0 radical (unpaired) electrons. The van der Waals surface area contributed by atoms with E-state index < -0.39 is 34.4 Å². The van der Waals surface area contributed by atoms with Gasteiger partial charge in [0.05, 0.1) is 35.4 Å². The standard InChI is InChI=1S/C28H27N3O8S/c1-4-6-15-39-20-13-9-18(10-14-20)23(32)21-22(17-7-11-19(12-8-17)31(36)37)30(26(34)24(21)33)28-29-16(3)25(40-28)27(35)38-5-2/h7-14,22,32H,4-6,15H2,1-3H3/b23-21-. The van der Waals surface area contributed by atoms with E-state index in [2.05, 4.69) is 4.98 Å². The van der Waals surface area contributed by atoms with Crippen LogP contribution in [0.25, 0.3) is 5.76 Å². The van der Waals surface area contributed by atoms with Crippen LogP contribution in [-0.4, -0.2) is 45.9 Å². The molecular weight excluding hydrogens is 538 g/mol. The molecule has 1 fully saturated rings. The molecule has 2 aromatic carbocycles. The highest BCUT2D eigenvalue weighted by Gasteiger charge is 2.48. The molecule has 2 heterocycles. The third-order valence-corrected chi connectivity index (χ3v) is 7.35. The van der Waals surface area contributed by atoms with Gasteiger partial charge in [-0.25, -0.2) is 9.78 Å². The van der Waals surface area contributed by atoms with E-state index in [1.165, 1.54) is 24.3 Å². The quantitative estimate of drug-likeness (QED) is 0.0653. The van der Waals surface area contributed by atoms with Crippen LogP contribution < -0.4 is 9.64 Å². The Hall–Kier alpha value is -4.58. The number of aliphatic hydroxyl groups is 1. The number of nitrogens with zero attached hydrogens (tertiary/aromatic N) is 3. The lowest BCUT2D eigenvalue weighted by Gasteiger charge is -2.23. The minimum Gasteiger partial charge on any atom is -0.507 e. The van der Waals surface area contributed by atoms with Gasteiger partial charge in [-0.05, 0) is 62.2 Å². The largest absolute Gasteiger partial charge is 0.507 e. The highest BCUT2D eigenvalue weighted by atomic mass is 32.1. The SMILES string of the molecule is CCCCOc1ccc(/C(O)=C2/C(=O)C(=O)N(c3nc(C)c(C(=O)OCC)s3)C2c2ccc([N+](=O)[O-])cc2)cc1. The maximum atomic E-state index is 13.4. The Morgan fingerprint density at radius 3 is 2.40 bits per heavy atom. The monoisotopic (exact) mass is 565 g/mol. The number of rotatable bonds is 10. The normalized spacial score (nSPS) is 16.3. The number of aryl methyl sites for hydroxylation is 1. The summed E-state index contributed by atoms with van der Waals surface area (Å²) in [4.78, 5) is 55.4. The Bertz CT molecular complexity index is 1480. The topological polar surface area (TPSA) is 149 Å². The Balaban J connectivity index is 1.82. The van der Waals surface area contributed by atoms with Crippen molar-refractivity contribution >= 4 is 45.6 Å². The maximum absolute atomic E-state index is 13.4. The lowest BCUT2D eigenvalue weighted by Crippen LogP contribution is -2.29. The average Bonchev–Trinajstić information content (AvgIpc) is 3.45. The molecular formula is C28H27N3O8S. The van der Waals surface area contributed by atoms with Crippen molar-refractivity contribution in [3.05, 3.63) is 85.9 Å². The molecule has 0 aliphatic carbocycles. The lowest BCUT2D eigenvalue weighted by atomic mass is 9.95. The van der Waals surface area contributed by atoms with E-state index in [0.29, 0.717) is 23.6 Å². The minimum absolute atomic E-state index is 0.0460. The van der Waals surface area contributed by atoms with Crippen molar-refractivity contribution in [3.8, 4) is 5.75 Å². The van der Waals surface area contributed by atoms with Gasteiger partial charge in [0.15, 0.2) is 5.13 Å². The summed E-state index contributed by atoms with van der Waals surface area (Å²) in [6.07, 6.45) is 1.86. The van der Waals surface area contributed by atoms with Gasteiger partial charge in [-0.15, -0.1) is 0 Å². The average molecular weight is 566 g/mol. The van der Waals surface area contributed by atoms with Crippen molar-refractivity contribution in [1.82, 2.24) is 4.98 Å². The van der Waals surface area contributed by atoms with E-state index in [9.17, 15) is 29.6 Å². The van der Waals surface area contributed by atoms with E-state index in [4.69, 9.17) is 9.47 Å². The maximum Gasteiger partial charge on any atom is 0.350 e. The third kappa shape index (κ3) is 5.57. The van der Waals surface area contributed by atoms with Gasteiger partial charge in [0, 0.05) is 17.7 Å². The number of hydrogen-bond donors (Lipinski definition) is 1. The van der Waals surface area contributed by atoms with Gasteiger partial charge in [-0.1, -0.05) is 24.7 Å². The van der Waals surface area contributed by atoms with Gasteiger partial charge >= 0.3 is 11.9 Å². The van der Waals surface area contributed by atoms with Crippen LogP contribution in [0, 0.1) is 17.0 Å². The molecule has 12 heteroatoms. The second-order valence-corrected chi connectivity index (χ2v) is 9.85. The number of hydrogen-bond acceptors (Lipinski definition) is 10. The summed E-state index contributed by atoms with van der Waals surface area (Å²) in [5.74, 6) is -2.39. The molecule has 40 heavy (non-hydrogen) atoms. The van der Waals surface area contributed by atoms with Crippen LogP contribution >= 0.6 is 11.3 Å². The van der Waals surface area contributed by atoms with E-state index >= 15 is 0 Å². The molecule has 1 N–H and O–H groups in total. The van der Waals surface area contributed by atoms with E-state index in [1.807, 2.05) is 6.92 Å². The minimum atomic E-state index is -1.16. The van der Waals surface area contributed by atoms with Crippen LogP contribution in [0.3, 0.4) is 0 Å². The van der Waals surface area contributed by atoms with Gasteiger partial charge in [0.25, 0.3) is 11.5 Å². The van der Waals surface area contributed by atoms with Crippen molar-refractivity contribution < 1.29 is 33.9 Å². The highest BCUT2D eigenvalue weighted by Crippen LogP contribution is 2.44. The smallest absolute Gasteiger partial charge is 0.350 e. The Morgan fingerprint density at radius 2 is 1.80 bits per heavy atom. The molecule has 1 amide bonds. The van der Waals surface area contributed by atoms with Crippen molar-refractivity contribution in [3.63, 3.8) is 0 Å². The fourth-order valence-electron chi connectivity index (χ4n) is 4.19. The second kappa shape index (κ2) is 12.1. The lowest BCUT2D eigenvalue weighted by molar-refractivity contribution is -0.384. The van der Waals surface area contributed by atoms with Gasteiger partial charge < -0.3 is 14.6 Å². The predicted molar refractivity (Wildman–Crippen MR) is 148 cm³/mol. The highest BCUT2D eigenvalue weighted by molar-refractivity contribution is 7.17. The molecule has 11 nitrogen and oxygen atoms in total. The van der Waals surface area contributed by atoms with E-state index in [-0.39, 0.29) is 33.4 Å². The first kappa shape index (κ1) is 28.4. The van der Waals surface area contributed by atoms with Crippen LogP contribution in [0.5, 0.6) is 5.75 Å². The number of nitro groups is 1. The predicted octanol–water partition coefficient (Wildman–Crippen LogP) is 5.34. The van der Waals surface area contributed by atoms with Crippen molar-refractivity contribution in [1.29, 1.82) is 0 Å². The molecule has 0 saturated carbocycles. The van der Waals surface area contributed by atoms with Crippen LogP contribution in [-0.2, 0) is 14.3 Å². The van der Waals surface area contributed by atoms with E-state index in [0.717, 1.165) is 29.1 Å². The van der Waals surface area contributed by atoms with Crippen LogP contribution in [0.2, 0.25) is 0 Å². The zero-order chi connectivity index (χ0) is 29.0. The molecule has 1 atom stereocenters. The zero-order valence-corrected chi connectivity index (χ0v) is 22.9. The van der Waals surface area contributed by atoms with E-state index in [1.54, 1.807) is 38.1 Å². The number of aliphatic hydroxyl groups excluding tert-OH is 1. The number of anilines is 1. The molecule has 0 bridgehead atoms. The molecule has 208 valence electrons. The number of aromatic nitrogens is 1. The fourth-order valence-corrected chi connectivity index (χ4v) is 5.18. The zero-order valence-electron chi connectivity index (χ0n) is 22.1. The number of nitro benzene ring substituents is 1. The molecule has 1 aliphatic heterocycles. The molecule has 0 spiro atoms. The van der Waals surface area contributed by atoms with Gasteiger partial charge in [-0.2, -0.15) is 0 Å². The summed E-state index contributed by atoms with van der Waals surface area (Å²) in [5.41, 5.74) is 0.506. The number of esters is 1. The first-order valence-electron chi connectivity index (χ1n) is 12.6. The second-order valence-electron chi connectivity index (χ2n) is 8.88. The number of thiazole rings is 1. The molecule has 3 aromatic rings. The molecule has 1 aromatic heterocycles. The molecule has 1 saturated heterocycles. The van der Waals surface area contributed by atoms with Gasteiger partial charge in [0.2, 0.25) is 0 Å². The summed E-state index contributed by atoms with van der Waals surface area (Å²) in [6.45, 7) is 5.96. The summed E-state index contributed by atoms with van der Waals surface area (Å²) in [6, 6.07) is 10.6. The third-order valence-electron chi connectivity index (χ3n) is 6.21. The Labute approximate surface area is 233 Å². The van der Waals surface area contributed by atoms with Gasteiger partial charge in [0.1, 0.15) is 16.4 Å². The number of amides is 1. The Kier molecular flexibility index (Phi) is 8.58. The van der Waals surface area contributed by atoms with Crippen LogP contribution in [0.15, 0.2) is 54.1 Å². The van der Waals surface area contributed by atoms with Gasteiger partial charge in [-0.3, -0.25) is 24.6 Å². The van der Waals surface area contributed by atoms with Crippen molar-refractivity contribution in [2.45, 2.75) is 39.7 Å². The van der Waals surface area contributed by atoms with Crippen molar-refractivity contribution in [2.75, 3.05) is 18.1 Å². The number of benzene rings is 2. The molecule has 1 aliphatic rings. The number of non-ortho nitro benzene ring substituents is 1. The first-order chi connectivity index (χ1) is 19.2. The summed E-state index contributed by atoms with van der Waals surface area (Å²) >= 11 is 0.876. The number of Topliss-reactive ketones (excluding diaryl/α,β-unsaturated/α-hetero) is 1. The first-order valence-corrected chi connectivity index (χ1v) is 13.4. The number of ether oxygens (including phenoxy) is 2. The summed E-state index contributed by atoms with van der Waals surface area (Å²) in [7, 11) is 0.